The van der Waals surface area contributed by atoms with Crippen molar-refractivity contribution in [1.29, 1.82) is 0 Å². The van der Waals surface area contributed by atoms with Crippen LogP contribution in [0.2, 0.25) is 5.02 Å². The average Bonchev–Trinajstić information content (AvgIpc) is 2.77. The molecule has 2 aromatic rings. The fourth-order valence-corrected chi connectivity index (χ4v) is 3.52. The molecule has 0 saturated heterocycles. The van der Waals surface area contributed by atoms with Crippen molar-refractivity contribution in [3.8, 4) is 0 Å². The zero-order chi connectivity index (χ0) is 21.2. The minimum Gasteiger partial charge on any atom is -0.324 e. The van der Waals surface area contributed by atoms with E-state index >= 15 is 0 Å². The number of hydrogen-bond donors (Lipinski definition) is 1. The highest BCUT2D eigenvalue weighted by atomic mass is 35.5. The smallest absolute Gasteiger partial charge is 0.324 e. The lowest BCUT2D eigenvalue weighted by Crippen LogP contribution is -2.52. The average molecular weight is 426 g/mol. The van der Waals surface area contributed by atoms with Gasteiger partial charge in [-0.1, -0.05) is 35.9 Å². The van der Waals surface area contributed by atoms with Gasteiger partial charge in [-0.05, 0) is 36.9 Å². The number of amides is 2. The second-order valence-corrected chi connectivity index (χ2v) is 7.33. The van der Waals surface area contributed by atoms with E-state index < -0.39 is 30.5 Å². The van der Waals surface area contributed by atoms with Crippen molar-refractivity contribution in [1.82, 2.24) is 4.90 Å². The Morgan fingerprint density at radius 1 is 1.24 bits per heavy atom. The second-order valence-electron chi connectivity index (χ2n) is 6.89. The lowest BCUT2D eigenvalue weighted by Gasteiger charge is -2.33. The van der Waals surface area contributed by atoms with Gasteiger partial charge in [-0.3, -0.25) is 19.4 Å². The molecule has 0 aromatic heterocycles. The zero-order valence-corrected chi connectivity index (χ0v) is 16.3. The van der Waals surface area contributed by atoms with Crippen LogP contribution in [0, 0.1) is 0 Å². The maximum atomic E-state index is 13.7. The fourth-order valence-electron chi connectivity index (χ4n) is 3.31. The Morgan fingerprint density at radius 3 is 2.66 bits per heavy atom. The van der Waals surface area contributed by atoms with Crippen LogP contribution in [0.5, 0.6) is 0 Å². The van der Waals surface area contributed by atoms with Crippen LogP contribution in [-0.2, 0) is 16.1 Å². The van der Waals surface area contributed by atoms with Gasteiger partial charge < -0.3 is 5.32 Å². The van der Waals surface area contributed by atoms with Crippen LogP contribution in [0.15, 0.2) is 48.5 Å². The zero-order valence-electron chi connectivity index (χ0n) is 15.5. The summed E-state index contributed by atoms with van der Waals surface area (Å²) in [5, 5.41) is 2.98. The molecule has 0 aliphatic carbocycles. The molecule has 5 nitrogen and oxygen atoms in total. The fraction of sp³-hybridized carbons (Fsp3) is 0.300. The molecule has 2 aromatic carbocycles. The molecule has 1 N–H and O–H groups in total. The summed E-state index contributed by atoms with van der Waals surface area (Å²) < 4.78 is 41.2. The Morgan fingerprint density at radius 2 is 1.97 bits per heavy atom. The Bertz CT molecular complexity index is 920. The number of halogens is 4. The van der Waals surface area contributed by atoms with Gasteiger partial charge in [-0.15, -0.1) is 0 Å². The van der Waals surface area contributed by atoms with E-state index in [9.17, 15) is 22.8 Å². The van der Waals surface area contributed by atoms with Gasteiger partial charge >= 0.3 is 6.18 Å². The summed E-state index contributed by atoms with van der Waals surface area (Å²) in [5.41, 5.74) is 1.03. The van der Waals surface area contributed by atoms with Gasteiger partial charge in [0.25, 0.3) is 0 Å². The quantitative estimate of drug-likeness (QED) is 0.803. The van der Waals surface area contributed by atoms with E-state index in [0.29, 0.717) is 16.5 Å². The summed E-state index contributed by atoms with van der Waals surface area (Å²) in [6.07, 6.45) is -5.61. The lowest BCUT2D eigenvalue weighted by molar-refractivity contribution is -0.158. The molecule has 0 spiro atoms. The van der Waals surface area contributed by atoms with Gasteiger partial charge in [0.05, 0.1) is 24.3 Å². The number of carbonyl (C=O) groups excluding carboxylic acids is 2. The molecular weight excluding hydrogens is 407 g/mol. The van der Waals surface area contributed by atoms with Crippen LogP contribution in [0.25, 0.3) is 0 Å². The molecule has 3 rings (SSSR count). The summed E-state index contributed by atoms with van der Waals surface area (Å²) in [6.45, 7) is 0.0667. The van der Waals surface area contributed by atoms with Gasteiger partial charge in [-0.2, -0.15) is 13.2 Å². The molecule has 2 amide bonds. The molecule has 1 atom stereocenters. The first kappa shape index (κ1) is 21.1. The number of para-hydroxylation sites is 2. The van der Waals surface area contributed by atoms with E-state index in [4.69, 9.17) is 11.6 Å². The van der Waals surface area contributed by atoms with Crippen molar-refractivity contribution in [3.63, 3.8) is 0 Å². The number of hydrogen-bond acceptors (Lipinski definition) is 3. The molecule has 1 heterocycles. The van der Waals surface area contributed by atoms with Crippen molar-refractivity contribution in [2.24, 2.45) is 0 Å². The van der Waals surface area contributed by atoms with Crippen LogP contribution in [-0.4, -0.2) is 42.5 Å². The number of alkyl halides is 3. The van der Waals surface area contributed by atoms with E-state index in [-0.39, 0.29) is 17.9 Å². The standard InChI is InChI=1S/C20H19ClF3N3O2/c1-26(11-13-5-4-6-14(21)9-13)12-19(29)27-16-8-3-2-7-15(16)25-18(28)10-17(27)20(22,23)24/h2-9,17H,10-12H2,1H3,(H,25,28)/t17-/m1/s1. The van der Waals surface area contributed by atoms with Crippen molar-refractivity contribution in [3.05, 3.63) is 59.1 Å². The number of nitrogens with one attached hydrogen (secondary N) is 1. The van der Waals surface area contributed by atoms with Crippen LogP contribution < -0.4 is 10.2 Å². The Labute approximate surface area is 171 Å². The molecule has 1 aliphatic heterocycles. The summed E-state index contributed by atoms with van der Waals surface area (Å²) in [7, 11) is 1.63. The monoisotopic (exact) mass is 425 g/mol. The molecular formula is C20H19ClF3N3O2. The summed E-state index contributed by atoms with van der Waals surface area (Å²) in [4.78, 5) is 27.2. The Balaban J connectivity index is 1.87. The molecule has 154 valence electrons. The minimum absolute atomic E-state index is 0.0295. The van der Waals surface area contributed by atoms with E-state index in [1.807, 2.05) is 6.07 Å². The van der Waals surface area contributed by atoms with E-state index in [1.54, 1.807) is 36.2 Å². The second kappa shape index (κ2) is 8.42. The summed E-state index contributed by atoms with van der Waals surface area (Å²) in [6, 6.07) is 10.8. The first-order chi connectivity index (χ1) is 13.6. The van der Waals surface area contributed by atoms with E-state index in [0.717, 1.165) is 5.56 Å². The maximum absolute atomic E-state index is 13.7. The lowest BCUT2D eigenvalue weighted by atomic mass is 10.1. The molecule has 1 aliphatic rings. The van der Waals surface area contributed by atoms with Crippen LogP contribution >= 0.6 is 11.6 Å². The molecule has 9 heteroatoms. The van der Waals surface area contributed by atoms with Crippen LogP contribution in [0.3, 0.4) is 0 Å². The SMILES string of the molecule is CN(CC(=O)N1c2ccccc2NC(=O)C[C@@H]1C(F)(F)F)Cc1cccc(Cl)c1. The Hall–Kier alpha value is -2.58. The van der Waals surface area contributed by atoms with Crippen LogP contribution in [0.1, 0.15) is 12.0 Å². The van der Waals surface area contributed by atoms with E-state index in [2.05, 4.69) is 5.32 Å². The Kier molecular flexibility index (Phi) is 6.14. The van der Waals surface area contributed by atoms with Crippen molar-refractivity contribution >= 4 is 34.8 Å². The number of fused-ring (bicyclic) bond motifs is 1. The third-order valence-corrected chi connectivity index (χ3v) is 4.76. The summed E-state index contributed by atoms with van der Waals surface area (Å²) in [5.74, 6) is -1.54. The molecule has 0 bridgehead atoms. The topological polar surface area (TPSA) is 52.7 Å². The third kappa shape index (κ3) is 5.07. The van der Waals surface area contributed by atoms with E-state index in [1.165, 1.54) is 18.2 Å². The van der Waals surface area contributed by atoms with Crippen molar-refractivity contribution in [2.75, 3.05) is 23.8 Å². The maximum Gasteiger partial charge on any atom is 0.409 e. The molecule has 0 unspecified atom stereocenters. The number of nitrogens with zero attached hydrogens (tertiary/aromatic N) is 2. The molecule has 0 saturated carbocycles. The van der Waals surface area contributed by atoms with Gasteiger partial charge in [0.1, 0.15) is 6.04 Å². The van der Waals surface area contributed by atoms with Crippen molar-refractivity contribution in [2.45, 2.75) is 25.2 Å². The van der Waals surface area contributed by atoms with Gasteiger partial charge in [-0.25, -0.2) is 0 Å². The molecule has 0 fully saturated rings. The number of likely N-dealkylation sites (N-methyl/N-ethyl adjacent to an activating group) is 1. The van der Waals surface area contributed by atoms with Gasteiger partial charge in [0, 0.05) is 11.6 Å². The minimum atomic E-state index is -4.75. The predicted molar refractivity (Wildman–Crippen MR) is 105 cm³/mol. The predicted octanol–water partition coefficient (Wildman–Crippen LogP) is 4.08. The highest BCUT2D eigenvalue weighted by Crippen LogP contribution is 2.37. The largest absolute Gasteiger partial charge is 0.409 e. The van der Waals surface area contributed by atoms with Gasteiger partial charge in [0.15, 0.2) is 0 Å². The number of rotatable bonds is 4. The first-order valence-corrected chi connectivity index (χ1v) is 9.23. The van der Waals surface area contributed by atoms with Crippen molar-refractivity contribution < 1.29 is 22.8 Å². The normalized spacial score (nSPS) is 17.0. The highest BCUT2D eigenvalue weighted by molar-refractivity contribution is 6.30. The third-order valence-electron chi connectivity index (χ3n) is 4.52. The van der Waals surface area contributed by atoms with Gasteiger partial charge in [0.2, 0.25) is 11.8 Å². The molecule has 0 radical (unpaired) electrons. The first-order valence-electron chi connectivity index (χ1n) is 8.86. The number of carbonyl (C=O) groups is 2. The number of benzene rings is 2. The number of anilines is 2. The molecule has 29 heavy (non-hydrogen) atoms. The van der Waals surface area contributed by atoms with Crippen LogP contribution in [0.4, 0.5) is 24.5 Å². The summed E-state index contributed by atoms with van der Waals surface area (Å²) >= 11 is 5.96. The highest BCUT2D eigenvalue weighted by Gasteiger charge is 2.49.